The lowest BCUT2D eigenvalue weighted by molar-refractivity contribution is -0.137. The van der Waals surface area contributed by atoms with Crippen LogP contribution in [0.3, 0.4) is 0 Å². The van der Waals surface area contributed by atoms with E-state index < -0.39 is 11.6 Å². The van der Waals surface area contributed by atoms with Crippen LogP contribution in [-0.2, 0) is 4.79 Å². The fourth-order valence-corrected chi connectivity index (χ4v) is 6.62. The third-order valence-corrected chi connectivity index (χ3v) is 7.84. The van der Waals surface area contributed by atoms with E-state index in [0.717, 1.165) is 64.1 Å². The van der Waals surface area contributed by atoms with Crippen LogP contribution in [0.5, 0.6) is 0 Å². The second kappa shape index (κ2) is 8.06. The predicted octanol–water partition coefficient (Wildman–Crippen LogP) is 1.35. The van der Waals surface area contributed by atoms with Crippen molar-refractivity contribution >= 4 is 17.7 Å². The Kier molecular flexibility index (Phi) is 5.38. The fourth-order valence-electron chi connectivity index (χ4n) is 6.62. The van der Waals surface area contributed by atoms with E-state index >= 15 is 0 Å². The third kappa shape index (κ3) is 4.28. The minimum Gasteiger partial charge on any atom is -0.481 e. The second-order valence-electron chi connectivity index (χ2n) is 10.0. The number of piperazine rings is 1. The molecule has 0 radical (unpaired) electrons. The number of carbonyl (C=O) groups excluding carboxylic acids is 1. The number of carboxylic acid groups (broad SMARTS) is 1. The van der Waals surface area contributed by atoms with Crippen molar-refractivity contribution in [3.05, 3.63) is 23.9 Å². The number of aromatic nitrogens is 1. The summed E-state index contributed by atoms with van der Waals surface area (Å²) < 4.78 is 0. The van der Waals surface area contributed by atoms with Crippen molar-refractivity contribution in [3.8, 4) is 0 Å². The fraction of sp³-hybridized carbons (Fsp3) is 0.696. The number of aliphatic carboxylic acids is 1. The summed E-state index contributed by atoms with van der Waals surface area (Å²) in [7, 11) is 0. The largest absolute Gasteiger partial charge is 0.481 e. The summed E-state index contributed by atoms with van der Waals surface area (Å²) in [6, 6.07) is 5.73. The van der Waals surface area contributed by atoms with Crippen molar-refractivity contribution in [2.75, 3.05) is 37.6 Å². The molecule has 31 heavy (non-hydrogen) atoms. The molecule has 168 valence electrons. The van der Waals surface area contributed by atoms with Gasteiger partial charge in [-0.15, -0.1) is 0 Å². The summed E-state index contributed by atoms with van der Waals surface area (Å²) >= 11 is 0. The predicted molar refractivity (Wildman–Crippen MR) is 115 cm³/mol. The number of nitrogens with one attached hydrogen (secondary N) is 1. The first-order valence-electron chi connectivity index (χ1n) is 11.6. The van der Waals surface area contributed by atoms with E-state index in [1.165, 1.54) is 0 Å². The van der Waals surface area contributed by atoms with Gasteiger partial charge < -0.3 is 20.4 Å². The van der Waals surface area contributed by atoms with Crippen LogP contribution in [0.4, 0.5) is 5.82 Å². The Labute approximate surface area is 182 Å². The first-order chi connectivity index (χ1) is 14.9. The van der Waals surface area contributed by atoms with Crippen LogP contribution in [0.1, 0.15) is 49.0 Å². The molecule has 2 heterocycles. The van der Waals surface area contributed by atoms with Crippen molar-refractivity contribution in [1.29, 1.82) is 0 Å². The highest BCUT2D eigenvalue weighted by atomic mass is 16.4. The maximum atomic E-state index is 13.0. The molecule has 0 spiro atoms. The summed E-state index contributed by atoms with van der Waals surface area (Å²) in [5, 5.41) is 22.9. The van der Waals surface area contributed by atoms with Crippen molar-refractivity contribution in [2.24, 2.45) is 17.8 Å². The number of hydrogen-bond acceptors (Lipinski definition) is 6. The number of carbonyl (C=O) groups is 2. The molecule has 1 amide bonds. The molecular formula is C23H32N4O4. The van der Waals surface area contributed by atoms with Gasteiger partial charge in [-0.3, -0.25) is 14.5 Å². The van der Waals surface area contributed by atoms with Gasteiger partial charge >= 0.3 is 5.97 Å². The van der Waals surface area contributed by atoms with Crippen LogP contribution in [0, 0.1) is 17.8 Å². The normalized spacial score (nSPS) is 34.7. The first-order valence-corrected chi connectivity index (χ1v) is 11.6. The van der Waals surface area contributed by atoms with Gasteiger partial charge in [-0.05, 0) is 62.0 Å². The van der Waals surface area contributed by atoms with Gasteiger partial charge in [0.05, 0.1) is 12.0 Å². The van der Waals surface area contributed by atoms with Crippen molar-refractivity contribution in [1.82, 2.24) is 15.2 Å². The SMILES string of the molecule is O=C(O)CCN1CCN(c2cccc(C(=O)N[C@H]3C4CC5CC3C[C@](O)(C5)C4)n2)CC1. The van der Waals surface area contributed by atoms with Crippen LogP contribution in [0.2, 0.25) is 0 Å². The van der Waals surface area contributed by atoms with Gasteiger partial charge in [0.2, 0.25) is 0 Å². The van der Waals surface area contributed by atoms with Crippen LogP contribution in [0.25, 0.3) is 0 Å². The number of amides is 1. The summed E-state index contributed by atoms with van der Waals surface area (Å²) in [4.78, 5) is 32.8. The van der Waals surface area contributed by atoms with Crippen LogP contribution in [0.15, 0.2) is 18.2 Å². The Balaban J connectivity index is 1.20. The summed E-state index contributed by atoms with van der Waals surface area (Å²) in [5.41, 5.74) is -0.0546. The number of nitrogens with zero attached hydrogens (tertiary/aromatic N) is 3. The number of carboxylic acids is 1. The van der Waals surface area contributed by atoms with E-state index in [1.807, 2.05) is 12.1 Å². The van der Waals surface area contributed by atoms with Gasteiger partial charge in [0, 0.05) is 38.8 Å². The minimum absolute atomic E-state index is 0.119. The molecule has 5 aliphatic rings. The minimum atomic E-state index is -0.767. The Hall–Kier alpha value is -2.19. The molecule has 8 heteroatoms. The molecule has 1 aromatic rings. The molecule has 6 rings (SSSR count). The number of pyridine rings is 1. The summed E-state index contributed by atoms with van der Waals surface area (Å²) in [6.07, 6.45) is 4.95. The lowest BCUT2D eigenvalue weighted by atomic mass is 9.52. The molecule has 1 aliphatic heterocycles. The zero-order chi connectivity index (χ0) is 21.6. The van der Waals surface area contributed by atoms with E-state index in [2.05, 4.69) is 20.1 Å². The Bertz CT molecular complexity index is 838. The smallest absolute Gasteiger partial charge is 0.304 e. The van der Waals surface area contributed by atoms with Gasteiger partial charge in [-0.2, -0.15) is 0 Å². The van der Waals surface area contributed by atoms with E-state index in [-0.39, 0.29) is 18.4 Å². The highest BCUT2D eigenvalue weighted by molar-refractivity contribution is 5.93. The molecule has 1 aromatic heterocycles. The molecule has 0 aromatic carbocycles. The molecule has 5 fully saturated rings. The topological polar surface area (TPSA) is 106 Å². The standard InChI is InChI=1S/C23H32N4O4/c28-20(29)4-5-26-6-8-27(9-7-26)19-3-1-2-18(24-19)22(30)25-21-16-10-15-11-17(21)14-23(31,12-15)13-16/h1-3,15-17,21,31H,4-14H2,(H,25,30)(H,28,29)/t15?,16?,17?,21-,23-. The second-order valence-corrected chi connectivity index (χ2v) is 10.0. The molecule has 4 aliphatic carbocycles. The summed E-state index contributed by atoms with van der Waals surface area (Å²) in [5.74, 6) is 1.28. The van der Waals surface area contributed by atoms with Crippen LogP contribution < -0.4 is 10.2 Å². The molecule has 4 bridgehead atoms. The lowest BCUT2D eigenvalue weighted by Gasteiger charge is -2.58. The molecule has 4 saturated carbocycles. The average molecular weight is 429 g/mol. The molecule has 1 saturated heterocycles. The van der Waals surface area contributed by atoms with Crippen molar-refractivity contribution in [2.45, 2.75) is 50.2 Å². The van der Waals surface area contributed by atoms with Gasteiger partial charge in [0.15, 0.2) is 0 Å². The Morgan fingerprint density at radius 2 is 1.81 bits per heavy atom. The zero-order valence-electron chi connectivity index (χ0n) is 17.9. The molecule has 2 unspecified atom stereocenters. The van der Waals surface area contributed by atoms with Gasteiger partial charge in [0.25, 0.3) is 5.91 Å². The summed E-state index contributed by atoms with van der Waals surface area (Å²) in [6.45, 7) is 3.69. The quantitative estimate of drug-likeness (QED) is 0.628. The monoisotopic (exact) mass is 428 g/mol. The average Bonchev–Trinajstić information content (AvgIpc) is 2.74. The maximum absolute atomic E-state index is 13.0. The van der Waals surface area contributed by atoms with Gasteiger partial charge in [-0.1, -0.05) is 6.07 Å². The van der Waals surface area contributed by atoms with E-state index in [0.29, 0.717) is 30.0 Å². The Morgan fingerprint density at radius 1 is 1.10 bits per heavy atom. The molecular weight excluding hydrogens is 396 g/mol. The maximum Gasteiger partial charge on any atom is 0.304 e. The zero-order valence-corrected chi connectivity index (χ0v) is 17.9. The van der Waals surface area contributed by atoms with E-state index in [9.17, 15) is 14.7 Å². The van der Waals surface area contributed by atoms with Gasteiger partial charge in [0.1, 0.15) is 11.5 Å². The molecule has 2 atom stereocenters. The molecule has 8 nitrogen and oxygen atoms in total. The first kappa shape index (κ1) is 20.7. The van der Waals surface area contributed by atoms with E-state index in [1.54, 1.807) is 6.07 Å². The van der Waals surface area contributed by atoms with E-state index in [4.69, 9.17) is 5.11 Å². The van der Waals surface area contributed by atoms with Crippen molar-refractivity contribution < 1.29 is 19.8 Å². The third-order valence-electron chi connectivity index (χ3n) is 7.84. The van der Waals surface area contributed by atoms with Crippen LogP contribution >= 0.6 is 0 Å². The van der Waals surface area contributed by atoms with Crippen LogP contribution in [-0.4, -0.2) is 76.3 Å². The Morgan fingerprint density at radius 3 is 2.45 bits per heavy atom. The highest BCUT2D eigenvalue weighted by Crippen LogP contribution is 2.55. The van der Waals surface area contributed by atoms with Crippen molar-refractivity contribution in [3.63, 3.8) is 0 Å². The van der Waals surface area contributed by atoms with Gasteiger partial charge in [-0.25, -0.2) is 4.98 Å². The number of aliphatic hydroxyl groups is 1. The lowest BCUT2D eigenvalue weighted by Crippen LogP contribution is -2.61. The number of rotatable bonds is 6. The number of anilines is 1. The highest BCUT2D eigenvalue weighted by Gasteiger charge is 2.55. The molecule has 3 N–H and O–H groups in total. The number of hydrogen-bond donors (Lipinski definition) is 3.